The van der Waals surface area contributed by atoms with Crippen LogP contribution in [0.5, 0.6) is 5.75 Å². The van der Waals surface area contributed by atoms with E-state index in [9.17, 15) is 9.18 Å². The maximum Gasteiger partial charge on any atom is 0.254 e. The second-order valence-electron chi connectivity index (χ2n) is 9.19. The van der Waals surface area contributed by atoms with Gasteiger partial charge in [-0.3, -0.25) is 4.79 Å². The number of benzene rings is 3. The highest BCUT2D eigenvalue weighted by Gasteiger charge is 2.44. The Labute approximate surface area is 209 Å². The number of carbonyl (C=O) groups is 1. The quantitative estimate of drug-likeness (QED) is 0.336. The molecule has 176 valence electrons. The summed E-state index contributed by atoms with van der Waals surface area (Å²) in [5, 5.41) is 0.632. The summed E-state index contributed by atoms with van der Waals surface area (Å²) in [5.74, 6) is 1.34. The van der Waals surface area contributed by atoms with Crippen LogP contribution in [0.25, 0.3) is 0 Å². The molecule has 0 N–H and O–H groups in total. The molecule has 0 spiro atoms. The molecule has 2 aliphatic rings. The van der Waals surface area contributed by atoms with Gasteiger partial charge in [0, 0.05) is 41.1 Å². The van der Waals surface area contributed by atoms with Gasteiger partial charge in [0.25, 0.3) is 5.91 Å². The topological polar surface area (TPSA) is 29.5 Å². The number of aryl methyl sites for hydroxylation is 1. The third-order valence-corrected chi connectivity index (χ3v) is 8.08. The summed E-state index contributed by atoms with van der Waals surface area (Å²) < 4.78 is 19.6. The van der Waals surface area contributed by atoms with Gasteiger partial charge in [-0.15, -0.1) is 11.8 Å². The number of nitrogens with zero attached hydrogens (tertiary/aromatic N) is 1. The highest BCUT2D eigenvalue weighted by Crippen LogP contribution is 2.39. The van der Waals surface area contributed by atoms with E-state index >= 15 is 0 Å². The van der Waals surface area contributed by atoms with Crippen LogP contribution in [-0.4, -0.2) is 29.0 Å². The predicted molar refractivity (Wildman–Crippen MR) is 135 cm³/mol. The molecular weight excluding hydrogens is 469 g/mol. The molecule has 6 heteroatoms. The van der Waals surface area contributed by atoms with Gasteiger partial charge in [-0.25, -0.2) is 4.39 Å². The van der Waals surface area contributed by atoms with E-state index in [2.05, 4.69) is 4.90 Å². The monoisotopic (exact) mass is 495 g/mol. The molecule has 0 aromatic heterocycles. The van der Waals surface area contributed by atoms with Crippen molar-refractivity contribution in [3.63, 3.8) is 0 Å². The molecule has 0 aliphatic carbocycles. The molecule has 34 heavy (non-hydrogen) atoms. The lowest BCUT2D eigenvalue weighted by Gasteiger charge is -2.39. The summed E-state index contributed by atoms with van der Waals surface area (Å²) in [6, 6.07) is 20.7. The molecule has 3 aromatic rings. The van der Waals surface area contributed by atoms with Crippen LogP contribution in [0.4, 0.5) is 4.39 Å². The number of carbonyl (C=O) groups excluding carboxylic acids is 1. The average Bonchev–Trinajstić information content (AvgIpc) is 3.10. The molecule has 3 aromatic carbocycles. The van der Waals surface area contributed by atoms with E-state index in [1.807, 2.05) is 55.5 Å². The van der Waals surface area contributed by atoms with E-state index in [0.717, 1.165) is 58.8 Å². The molecule has 1 amide bonds. The minimum atomic E-state index is -0.225. The number of hydrogen-bond acceptors (Lipinski definition) is 3. The zero-order valence-electron chi connectivity index (χ0n) is 19.0. The number of amides is 1. The molecule has 0 saturated carbocycles. The van der Waals surface area contributed by atoms with Crippen molar-refractivity contribution in [3.8, 4) is 5.75 Å². The summed E-state index contributed by atoms with van der Waals surface area (Å²) in [6.07, 6.45) is 3.76. The summed E-state index contributed by atoms with van der Waals surface area (Å²) in [5.41, 5.74) is 2.95. The van der Waals surface area contributed by atoms with Crippen molar-refractivity contribution in [2.75, 3.05) is 0 Å². The van der Waals surface area contributed by atoms with Gasteiger partial charge in [0.15, 0.2) is 0 Å². The molecule has 5 rings (SSSR count). The van der Waals surface area contributed by atoms with Gasteiger partial charge < -0.3 is 9.64 Å². The van der Waals surface area contributed by atoms with Crippen molar-refractivity contribution >= 4 is 29.3 Å². The lowest BCUT2D eigenvalue weighted by atomic mass is 9.98. The molecule has 3 nitrogen and oxygen atoms in total. The molecule has 2 saturated heterocycles. The summed E-state index contributed by atoms with van der Waals surface area (Å²) >= 11 is 7.92. The maximum atomic E-state index is 13.4. The predicted octanol–water partition coefficient (Wildman–Crippen LogP) is 7.29. The van der Waals surface area contributed by atoms with E-state index < -0.39 is 0 Å². The van der Waals surface area contributed by atoms with Crippen LogP contribution in [0.2, 0.25) is 5.02 Å². The smallest absolute Gasteiger partial charge is 0.254 e. The van der Waals surface area contributed by atoms with Crippen molar-refractivity contribution < 1.29 is 13.9 Å². The Morgan fingerprint density at radius 1 is 1.06 bits per heavy atom. The summed E-state index contributed by atoms with van der Waals surface area (Å²) in [7, 11) is 0. The van der Waals surface area contributed by atoms with Crippen molar-refractivity contribution in [2.45, 2.75) is 61.4 Å². The number of halogens is 2. The van der Waals surface area contributed by atoms with Crippen molar-refractivity contribution in [2.24, 2.45) is 0 Å². The molecule has 2 aliphatic heterocycles. The Morgan fingerprint density at radius 2 is 1.79 bits per heavy atom. The van der Waals surface area contributed by atoms with Crippen LogP contribution in [0, 0.1) is 12.7 Å². The first-order valence-electron chi connectivity index (χ1n) is 11.7. The van der Waals surface area contributed by atoms with Crippen LogP contribution in [0.1, 0.15) is 47.2 Å². The van der Waals surface area contributed by atoms with Gasteiger partial charge in [-0.05, 0) is 73.4 Å². The first-order chi connectivity index (χ1) is 16.5. The molecule has 1 unspecified atom stereocenters. The fourth-order valence-electron chi connectivity index (χ4n) is 5.05. The molecule has 3 atom stereocenters. The number of fused-ring (bicyclic) bond motifs is 2. The first kappa shape index (κ1) is 23.3. The zero-order chi connectivity index (χ0) is 23.7. The van der Waals surface area contributed by atoms with Crippen LogP contribution >= 0.6 is 23.4 Å². The Morgan fingerprint density at radius 3 is 2.50 bits per heavy atom. The molecular formula is C28H27ClFNO2S. The first-order valence-corrected chi connectivity index (χ1v) is 13.1. The third kappa shape index (κ3) is 5.11. The second kappa shape index (κ2) is 10.0. The molecule has 2 bridgehead atoms. The van der Waals surface area contributed by atoms with Gasteiger partial charge in [0.1, 0.15) is 17.7 Å². The number of ether oxygens (including phenoxy) is 1. The van der Waals surface area contributed by atoms with Gasteiger partial charge in [-0.2, -0.15) is 0 Å². The average molecular weight is 496 g/mol. The normalized spacial score (nSPS) is 21.5. The van der Waals surface area contributed by atoms with Crippen molar-refractivity contribution in [3.05, 3.63) is 94.3 Å². The lowest BCUT2D eigenvalue weighted by Crippen LogP contribution is -2.49. The summed E-state index contributed by atoms with van der Waals surface area (Å²) in [6.45, 7) is 2.03. The minimum Gasteiger partial charge on any atom is -0.489 e. The number of piperidine rings is 1. The molecule has 0 radical (unpaired) electrons. The van der Waals surface area contributed by atoms with Crippen LogP contribution in [-0.2, 0) is 5.75 Å². The Kier molecular flexibility index (Phi) is 6.84. The van der Waals surface area contributed by atoms with E-state index in [1.165, 1.54) is 6.07 Å². The van der Waals surface area contributed by atoms with Gasteiger partial charge in [-0.1, -0.05) is 35.9 Å². The van der Waals surface area contributed by atoms with Crippen LogP contribution < -0.4 is 4.74 Å². The number of rotatable bonds is 6. The lowest BCUT2D eigenvalue weighted by molar-refractivity contribution is 0.0359. The van der Waals surface area contributed by atoms with Gasteiger partial charge in [0.2, 0.25) is 0 Å². The standard InChI is InChI=1S/C28H27ClFNO2S/c1-18-5-12-26(29)27(13-18)33-24-15-22-10-11-23(16-24)31(22)28(32)20-8-6-19(7-9-20)17-34-25-4-2-3-21(30)14-25/h2-9,12-14,22-24H,10-11,15-17H2,1H3/t22-,23+,24?. The van der Waals surface area contributed by atoms with E-state index in [1.54, 1.807) is 23.9 Å². The third-order valence-electron chi connectivity index (χ3n) is 6.71. The Balaban J connectivity index is 1.21. The van der Waals surface area contributed by atoms with Gasteiger partial charge in [0.05, 0.1) is 5.02 Å². The van der Waals surface area contributed by atoms with E-state index in [-0.39, 0.29) is 29.9 Å². The largest absolute Gasteiger partial charge is 0.489 e. The zero-order valence-corrected chi connectivity index (χ0v) is 20.6. The van der Waals surface area contributed by atoms with Crippen LogP contribution in [0.3, 0.4) is 0 Å². The SMILES string of the molecule is Cc1ccc(Cl)c(OC2C[C@H]3CC[C@@H](C2)N3C(=O)c2ccc(CSc3cccc(F)c3)cc2)c1. The molecule has 2 heterocycles. The number of thioether (sulfide) groups is 1. The Bertz CT molecular complexity index is 1170. The minimum absolute atomic E-state index is 0.0723. The van der Waals surface area contributed by atoms with Crippen molar-refractivity contribution in [1.82, 2.24) is 4.90 Å². The summed E-state index contributed by atoms with van der Waals surface area (Å²) in [4.78, 5) is 16.3. The van der Waals surface area contributed by atoms with Crippen molar-refractivity contribution in [1.29, 1.82) is 0 Å². The van der Waals surface area contributed by atoms with E-state index in [4.69, 9.17) is 16.3 Å². The molecule has 2 fully saturated rings. The Hall–Kier alpha value is -2.50. The maximum absolute atomic E-state index is 13.4. The van der Waals surface area contributed by atoms with E-state index in [0.29, 0.717) is 5.02 Å². The van der Waals surface area contributed by atoms with Crippen LogP contribution in [0.15, 0.2) is 71.6 Å². The van der Waals surface area contributed by atoms with Gasteiger partial charge >= 0.3 is 0 Å². The fraction of sp³-hybridized carbons (Fsp3) is 0.321. The second-order valence-corrected chi connectivity index (χ2v) is 10.6. The highest BCUT2D eigenvalue weighted by molar-refractivity contribution is 7.98. The number of hydrogen-bond donors (Lipinski definition) is 0. The fourth-order valence-corrected chi connectivity index (χ4v) is 6.11. The highest BCUT2D eigenvalue weighted by atomic mass is 35.5.